The molecule has 29 heavy (non-hydrogen) atoms. The zero-order valence-corrected chi connectivity index (χ0v) is 21.9. The van der Waals surface area contributed by atoms with Crippen molar-refractivity contribution in [2.24, 2.45) is 0 Å². The third-order valence-electron chi connectivity index (χ3n) is 5.15. The predicted molar refractivity (Wildman–Crippen MR) is 125 cm³/mol. The molecule has 0 heterocycles. The molecule has 0 bridgehead atoms. The van der Waals surface area contributed by atoms with Gasteiger partial charge >= 0.3 is 7.60 Å². The van der Waals surface area contributed by atoms with Gasteiger partial charge in [-0.05, 0) is 37.4 Å². The van der Waals surface area contributed by atoms with E-state index in [1.54, 1.807) is 13.8 Å². The molecule has 0 aromatic heterocycles. The first-order chi connectivity index (χ1) is 13.4. The Kier molecular flexibility index (Phi) is 13.5. The zero-order valence-electron chi connectivity index (χ0n) is 20.0. The lowest BCUT2D eigenvalue weighted by atomic mass is 10.1. The molecular weight excluding hydrogens is 403 g/mol. The summed E-state index contributed by atoms with van der Waals surface area (Å²) in [6, 6.07) is 0. The Hall–Kier alpha value is -0.523. The van der Waals surface area contributed by atoms with Gasteiger partial charge in [0.05, 0.1) is 19.8 Å². The zero-order chi connectivity index (χ0) is 22.7. The van der Waals surface area contributed by atoms with Crippen LogP contribution in [-0.2, 0) is 22.8 Å². The third kappa shape index (κ3) is 9.44. The van der Waals surface area contributed by atoms with Crippen LogP contribution in [0.5, 0.6) is 0 Å². The number of carbonyl (C=O) groups is 1. The molecule has 0 atom stereocenters. The van der Waals surface area contributed by atoms with E-state index in [1.807, 2.05) is 25.2 Å². The van der Waals surface area contributed by atoms with Gasteiger partial charge in [0.1, 0.15) is 11.9 Å². The molecule has 0 aliphatic heterocycles. The van der Waals surface area contributed by atoms with Crippen molar-refractivity contribution in [2.75, 3.05) is 26.0 Å². The van der Waals surface area contributed by atoms with Crippen molar-refractivity contribution in [3.05, 3.63) is 23.8 Å². The molecule has 0 aliphatic rings. The number of hydrogen-bond acceptors (Lipinski definition) is 5. The Labute approximate surface area is 179 Å². The van der Waals surface area contributed by atoms with Crippen molar-refractivity contribution in [2.45, 2.75) is 85.4 Å². The molecule has 0 aromatic carbocycles. The molecule has 0 aliphatic carbocycles. The second-order valence-electron chi connectivity index (χ2n) is 8.39. The van der Waals surface area contributed by atoms with E-state index >= 15 is 0 Å². The van der Waals surface area contributed by atoms with E-state index in [2.05, 4.69) is 41.5 Å². The van der Waals surface area contributed by atoms with E-state index in [9.17, 15) is 9.36 Å². The highest BCUT2D eigenvalue weighted by Gasteiger charge is 2.44. The Morgan fingerprint density at radius 1 is 0.966 bits per heavy atom. The number of carbonyl (C=O) groups excluding carboxylic acids is 1. The third-order valence-corrected chi connectivity index (χ3v) is 13.3. The lowest BCUT2D eigenvalue weighted by molar-refractivity contribution is -0.116. The van der Waals surface area contributed by atoms with Crippen molar-refractivity contribution >= 4 is 21.7 Å². The molecule has 5 nitrogen and oxygen atoms in total. The number of Topliss-reactive ketones (excluding diaryl/α,β-unsaturated/α-hetero) is 1. The van der Waals surface area contributed by atoms with E-state index in [1.165, 1.54) is 0 Å². The van der Waals surface area contributed by atoms with Crippen LogP contribution in [0.25, 0.3) is 0 Å². The van der Waals surface area contributed by atoms with Gasteiger partial charge in [-0.15, -0.1) is 0 Å². The van der Waals surface area contributed by atoms with E-state index in [0.717, 1.165) is 5.57 Å². The predicted octanol–water partition coefficient (Wildman–Crippen LogP) is 6.91. The quantitative estimate of drug-likeness (QED) is 0.155. The van der Waals surface area contributed by atoms with Gasteiger partial charge in [-0.2, -0.15) is 0 Å². The first-order valence-electron chi connectivity index (χ1n) is 10.8. The summed E-state index contributed by atoms with van der Waals surface area (Å²) in [6.07, 6.45) is 5.91. The molecule has 0 saturated carbocycles. The standard InChI is InChI=1S/C22H43O5PSi/c1-10-25-28(24,26-11-2)17-22(23)16-21(9)14-12-13-15-27-29(18(3)4,19(5)6)20(7)8/h12-14,18-20H,10-11,15-17H2,1-9H3/b13-12+,21-14-. The Morgan fingerprint density at radius 3 is 1.86 bits per heavy atom. The van der Waals surface area contributed by atoms with E-state index in [-0.39, 0.29) is 31.6 Å². The summed E-state index contributed by atoms with van der Waals surface area (Å²) in [5, 5.41) is 0. The van der Waals surface area contributed by atoms with Crippen LogP contribution >= 0.6 is 7.60 Å². The van der Waals surface area contributed by atoms with Crippen molar-refractivity contribution in [3.8, 4) is 0 Å². The Morgan fingerprint density at radius 2 is 1.45 bits per heavy atom. The summed E-state index contributed by atoms with van der Waals surface area (Å²) in [4.78, 5) is 12.2. The summed E-state index contributed by atoms with van der Waals surface area (Å²) in [5.41, 5.74) is 2.57. The molecule has 0 spiro atoms. The number of ketones is 1. The minimum atomic E-state index is -3.33. The van der Waals surface area contributed by atoms with Gasteiger partial charge in [-0.3, -0.25) is 9.36 Å². The number of hydrogen-bond donors (Lipinski definition) is 0. The fraction of sp³-hybridized carbons (Fsp3) is 0.773. The summed E-state index contributed by atoms with van der Waals surface area (Å²) in [6.45, 7) is 20.1. The lowest BCUT2D eigenvalue weighted by Crippen LogP contribution is -2.47. The maximum atomic E-state index is 12.5. The number of allylic oxidation sites excluding steroid dienone is 3. The fourth-order valence-corrected chi connectivity index (χ4v) is 11.1. The highest BCUT2D eigenvalue weighted by atomic mass is 31.2. The van der Waals surface area contributed by atoms with Gasteiger partial charge in [0, 0.05) is 6.42 Å². The van der Waals surface area contributed by atoms with Gasteiger partial charge in [-0.25, -0.2) is 0 Å². The topological polar surface area (TPSA) is 61.8 Å². The second-order valence-corrected chi connectivity index (χ2v) is 15.9. The Balaban J connectivity index is 4.81. The summed E-state index contributed by atoms with van der Waals surface area (Å²) < 4.78 is 29.3. The molecule has 0 radical (unpaired) electrons. The van der Waals surface area contributed by atoms with E-state index in [0.29, 0.717) is 23.2 Å². The van der Waals surface area contributed by atoms with Crippen LogP contribution in [0.4, 0.5) is 0 Å². The van der Waals surface area contributed by atoms with Crippen LogP contribution in [0.2, 0.25) is 16.6 Å². The average Bonchev–Trinajstić information content (AvgIpc) is 2.56. The van der Waals surface area contributed by atoms with Crippen LogP contribution in [0, 0.1) is 0 Å². The smallest absolute Gasteiger partial charge is 0.338 e. The first kappa shape index (κ1) is 28.5. The molecular formula is C22H43O5PSi. The summed E-state index contributed by atoms with van der Waals surface area (Å²) in [5.74, 6) is -0.139. The van der Waals surface area contributed by atoms with Crippen molar-refractivity contribution in [1.82, 2.24) is 0 Å². The molecule has 170 valence electrons. The van der Waals surface area contributed by atoms with E-state index < -0.39 is 15.9 Å². The largest absolute Gasteiger partial charge is 0.412 e. The van der Waals surface area contributed by atoms with Gasteiger partial charge < -0.3 is 13.5 Å². The molecule has 0 fully saturated rings. The van der Waals surface area contributed by atoms with Crippen molar-refractivity contribution in [1.29, 1.82) is 0 Å². The van der Waals surface area contributed by atoms with Gasteiger partial charge in [-0.1, -0.05) is 65.3 Å². The lowest BCUT2D eigenvalue weighted by Gasteiger charge is -2.41. The van der Waals surface area contributed by atoms with Crippen LogP contribution in [0.1, 0.15) is 68.7 Å². The molecule has 0 saturated heterocycles. The van der Waals surface area contributed by atoms with Crippen molar-refractivity contribution < 1.29 is 22.8 Å². The minimum absolute atomic E-state index is 0.139. The molecule has 7 heteroatoms. The molecule has 0 rings (SSSR count). The molecule has 0 N–H and O–H groups in total. The maximum Gasteiger partial charge on any atom is 0.338 e. The second kappa shape index (κ2) is 13.7. The van der Waals surface area contributed by atoms with Crippen LogP contribution < -0.4 is 0 Å². The van der Waals surface area contributed by atoms with Crippen molar-refractivity contribution in [3.63, 3.8) is 0 Å². The van der Waals surface area contributed by atoms with Gasteiger partial charge in [0.15, 0.2) is 0 Å². The normalized spacial score (nSPS) is 14.0. The monoisotopic (exact) mass is 446 g/mol. The average molecular weight is 447 g/mol. The maximum absolute atomic E-state index is 12.5. The fourth-order valence-electron chi connectivity index (χ4n) is 4.14. The van der Waals surface area contributed by atoms with Gasteiger partial charge in [0.2, 0.25) is 8.32 Å². The van der Waals surface area contributed by atoms with Crippen LogP contribution in [0.15, 0.2) is 23.8 Å². The first-order valence-corrected chi connectivity index (χ1v) is 14.7. The van der Waals surface area contributed by atoms with Crippen LogP contribution in [-0.4, -0.2) is 40.1 Å². The molecule has 0 aromatic rings. The minimum Gasteiger partial charge on any atom is -0.412 e. The molecule has 0 amide bonds. The summed E-state index contributed by atoms with van der Waals surface area (Å²) in [7, 11) is -5.18. The highest BCUT2D eigenvalue weighted by molar-refractivity contribution is 7.54. The number of rotatable bonds is 15. The van der Waals surface area contributed by atoms with Gasteiger partial charge in [0.25, 0.3) is 0 Å². The van der Waals surface area contributed by atoms with Crippen LogP contribution in [0.3, 0.4) is 0 Å². The van der Waals surface area contributed by atoms with E-state index in [4.69, 9.17) is 13.5 Å². The Bertz CT molecular complexity index is 564. The highest BCUT2D eigenvalue weighted by Crippen LogP contribution is 2.48. The summed E-state index contributed by atoms with van der Waals surface area (Å²) >= 11 is 0. The SMILES string of the molecule is CCOP(=O)(CC(=O)C/C(C)=C\C=C\CO[Si](C(C)C)(C(C)C)C(C)C)OCC. The molecule has 0 unspecified atom stereocenters.